The molecule has 0 unspecified atom stereocenters. The van der Waals surface area contributed by atoms with Crippen LogP contribution in [0, 0.1) is 10.1 Å². The molecule has 1 fully saturated rings. The second-order valence-electron chi connectivity index (χ2n) is 14.1. The molecular weight excluding hydrogens is 743 g/mol. The first kappa shape index (κ1) is 37.2. The molecule has 2 heterocycles. The molecule has 1 atom stereocenters. The van der Waals surface area contributed by atoms with Gasteiger partial charge >= 0.3 is 0 Å². The molecule has 2 aliphatic heterocycles. The molecule has 6 aromatic carbocycles. The number of sulfonamides is 1. The molecule has 2 aliphatic rings. The number of fused-ring (bicyclic) bond motifs is 4. The number of aryl methyl sites for hydroxylation is 1. The summed E-state index contributed by atoms with van der Waals surface area (Å²) in [4.78, 5) is 30.3. The Hall–Kier alpha value is -5.69. The van der Waals surface area contributed by atoms with Gasteiger partial charge in [0, 0.05) is 66.7 Å². The topological polar surface area (TPSA) is 125 Å². The fourth-order valence-electron chi connectivity index (χ4n) is 7.87. The Morgan fingerprint density at radius 3 is 2.46 bits per heavy atom. The average Bonchev–Trinajstić information content (AvgIpc) is 3.22. The fraction of sp³-hybridized carbons (Fsp3) is 0.205. The molecule has 0 saturated carbocycles. The molecule has 2 N–H and O–H groups in total. The molecule has 284 valence electrons. The van der Waals surface area contributed by atoms with Gasteiger partial charge in [0.05, 0.1) is 9.82 Å². The lowest BCUT2D eigenvalue weighted by atomic mass is 9.91. The molecule has 0 aromatic heterocycles. The van der Waals surface area contributed by atoms with Crippen molar-refractivity contribution in [3.63, 3.8) is 0 Å². The number of nitrogens with one attached hydrogen (secondary N) is 2. The van der Waals surface area contributed by atoms with Gasteiger partial charge in [0.15, 0.2) is 0 Å². The molecule has 0 aliphatic carbocycles. The summed E-state index contributed by atoms with van der Waals surface area (Å²) in [7, 11) is -4.40. The summed E-state index contributed by atoms with van der Waals surface area (Å²) < 4.78 is 28.8. The molecule has 10 nitrogen and oxygen atoms in total. The molecule has 0 radical (unpaired) electrons. The van der Waals surface area contributed by atoms with Crippen LogP contribution in [0.15, 0.2) is 143 Å². The number of thioether (sulfide) groups is 1. The number of nitro benzene ring substituents is 1. The van der Waals surface area contributed by atoms with E-state index in [1.807, 2.05) is 36.4 Å². The van der Waals surface area contributed by atoms with Crippen molar-refractivity contribution >= 4 is 55.5 Å². The van der Waals surface area contributed by atoms with Gasteiger partial charge in [0.2, 0.25) is 0 Å². The fourth-order valence-corrected chi connectivity index (χ4v) is 9.65. The number of piperazine rings is 1. The Bertz CT molecular complexity index is 2530. The maximum absolute atomic E-state index is 13.3. The first-order chi connectivity index (χ1) is 27.2. The van der Waals surface area contributed by atoms with Gasteiger partial charge in [-0.25, -0.2) is 13.1 Å². The number of carbonyl (C=O) groups excluding carboxylic acids is 1. The van der Waals surface area contributed by atoms with Crippen LogP contribution in [0.4, 0.5) is 17.1 Å². The molecule has 8 rings (SSSR count). The second kappa shape index (κ2) is 16.2. The molecule has 0 spiro atoms. The van der Waals surface area contributed by atoms with E-state index in [-0.39, 0.29) is 21.8 Å². The molecule has 1 amide bonds. The molecule has 56 heavy (non-hydrogen) atoms. The van der Waals surface area contributed by atoms with Crippen LogP contribution in [0.5, 0.6) is 0 Å². The number of rotatable bonds is 12. The van der Waals surface area contributed by atoms with Crippen molar-refractivity contribution in [3.8, 4) is 11.1 Å². The molecular formula is C44H41N5O5S2. The Morgan fingerprint density at radius 2 is 1.61 bits per heavy atom. The van der Waals surface area contributed by atoms with Gasteiger partial charge in [-0.15, -0.1) is 11.8 Å². The van der Waals surface area contributed by atoms with E-state index in [9.17, 15) is 23.3 Å². The number of nitrogens with zero attached hydrogens (tertiary/aromatic N) is 3. The summed E-state index contributed by atoms with van der Waals surface area (Å²) in [6.45, 7) is 3.91. The third-order valence-electron chi connectivity index (χ3n) is 10.6. The van der Waals surface area contributed by atoms with E-state index < -0.39 is 20.9 Å². The molecule has 1 saturated heterocycles. The van der Waals surface area contributed by atoms with Crippen molar-refractivity contribution in [1.82, 2.24) is 9.62 Å². The van der Waals surface area contributed by atoms with Crippen molar-refractivity contribution in [2.45, 2.75) is 35.2 Å². The lowest BCUT2D eigenvalue weighted by molar-refractivity contribution is -0.384. The monoisotopic (exact) mass is 783 g/mol. The number of hydrogen-bond donors (Lipinski definition) is 2. The summed E-state index contributed by atoms with van der Waals surface area (Å²) in [5.74, 6) is -0.135. The van der Waals surface area contributed by atoms with Crippen LogP contribution in [0.25, 0.3) is 21.9 Å². The highest BCUT2D eigenvalue weighted by molar-refractivity contribution is 7.99. The predicted molar refractivity (Wildman–Crippen MR) is 224 cm³/mol. The van der Waals surface area contributed by atoms with Gasteiger partial charge < -0.3 is 10.2 Å². The smallest absolute Gasteiger partial charge is 0.293 e. The third kappa shape index (κ3) is 7.99. The minimum absolute atomic E-state index is 0.202. The summed E-state index contributed by atoms with van der Waals surface area (Å²) in [6.07, 6.45) is 1.67. The Morgan fingerprint density at radius 1 is 0.839 bits per heavy atom. The molecule has 12 heteroatoms. The standard InChI is InChI=1S/C44H41N5O5S2/c50-44(46-56(53,54)37-20-21-41(43(28-37)49(51)52)45-23-26-55-36-12-2-1-3-13-36)33-18-22-42-32(27-33)17-19-35-30-47(24-25-48(35)42)29-34-10-5-7-15-39(34)40-16-8-11-31-9-4-6-14-38(31)40/h1-16,18,20-22,27-28,35,45H,17,19,23-26,29-30H2,(H,46,50)/t35-/m1/s1. The molecule has 0 bridgehead atoms. The number of benzene rings is 6. The van der Waals surface area contributed by atoms with E-state index in [0.717, 1.165) is 61.2 Å². The van der Waals surface area contributed by atoms with Crippen molar-refractivity contribution in [2.24, 2.45) is 0 Å². The highest BCUT2D eigenvalue weighted by Crippen LogP contribution is 2.36. The van der Waals surface area contributed by atoms with Crippen LogP contribution in [-0.4, -0.2) is 62.1 Å². The number of anilines is 2. The van der Waals surface area contributed by atoms with E-state index >= 15 is 0 Å². The lowest BCUT2D eigenvalue weighted by Crippen LogP contribution is -2.54. The quantitative estimate of drug-likeness (QED) is 0.0545. The second-order valence-corrected chi connectivity index (χ2v) is 17.0. The van der Waals surface area contributed by atoms with Gasteiger partial charge in [-0.05, 0) is 88.3 Å². The van der Waals surface area contributed by atoms with Crippen LogP contribution >= 0.6 is 11.8 Å². The Labute approximate surface area is 330 Å². The number of hydrogen-bond acceptors (Lipinski definition) is 9. The zero-order chi connectivity index (χ0) is 38.6. The van der Waals surface area contributed by atoms with E-state index in [2.05, 4.69) is 86.6 Å². The highest BCUT2D eigenvalue weighted by Gasteiger charge is 2.33. The number of amides is 1. The zero-order valence-corrected chi connectivity index (χ0v) is 32.3. The van der Waals surface area contributed by atoms with Crippen LogP contribution in [0.2, 0.25) is 0 Å². The third-order valence-corrected chi connectivity index (χ3v) is 12.9. The minimum Gasteiger partial charge on any atom is -0.379 e. The van der Waals surface area contributed by atoms with E-state index in [1.165, 1.54) is 39.6 Å². The van der Waals surface area contributed by atoms with Crippen molar-refractivity contribution in [1.29, 1.82) is 0 Å². The number of nitro groups is 1. The maximum Gasteiger partial charge on any atom is 0.293 e. The van der Waals surface area contributed by atoms with Gasteiger partial charge in [0.25, 0.3) is 21.6 Å². The largest absolute Gasteiger partial charge is 0.379 e. The van der Waals surface area contributed by atoms with E-state index in [4.69, 9.17) is 0 Å². The zero-order valence-electron chi connectivity index (χ0n) is 30.6. The van der Waals surface area contributed by atoms with Gasteiger partial charge in [-0.1, -0.05) is 84.9 Å². The van der Waals surface area contributed by atoms with Crippen LogP contribution in [0.3, 0.4) is 0 Å². The van der Waals surface area contributed by atoms with Crippen LogP contribution in [-0.2, 0) is 23.0 Å². The van der Waals surface area contributed by atoms with Crippen LogP contribution in [0.1, 0.15) is 27.9 Å². The predicted octanol–water partition coefficient (Wildman–Crippen LogP) is 8.37. The van der Waals surface area contributed by atoms with Gasteiger partial charge in [-0.3, -0.25) is 19.8 Å². The van der Waals surface area contributed by atoms with E-state index in [0.29, 0.717) is 18.3 Å². The highest BCUT2D eigenvalue weighted by atomic mass is 32.2. The maximum atomic E-state index is 13.3. The SMILES string of the molecule is O=C(NS(=O)(=O)c1ccc(NCCSc2ccccc2)c([N+](=O)[O-])c1)c1ccc2c(c1)CC[C@@H]1CN(Cc3ccccc3-c3cccc4ccccc34)CCN21. The first-order valence-electron chi connectivity index (χ1n) is 18.7. The lowest BCUT2D eigenvalue weighted by Gasteiger charge is -2.46. The normalized spacial score (nSPS) is 15.5. The Kier molecular flexibility index (Phi) is 10.8. The van der Waals surface area contributed by atoms with Crippen LogP contribution < -0.4 is 14.9 Å². The minimum atomic E-state index is -4.40. The summed E-state index contributed by atoms with van der Waals surface area (Å²) in [5, 5.41) is 17.4. The molecule has 6 aromatic rings. The van der Waals surface area contributed by atoms with Gasteiger partial charge in [0.1, 0.15) is 5.69 Å². The Balaban J connectivity index is 0.908. The average molecular weight is 784 g/mol. The summed E-state index contributed by atoms with van der Waals surface area (Å²) in [6, 6.07) is 42.7. The van der Waals surface area contributed by atoms with Crippen molar-refractivity contribution in [3.05, 3.63) is 160 Å². The summed E-state index contributed by atoms with van der Waals surface area (Å²) >= 11 is 1.60. The van der Waals surface area contributed by atoms with E-state index in [1.54, 1.807) is 23.9 Å². The first-order valence-corrected chi connectivity index (χ1v) is 21.2. The number of carbonyl (C=O) groups is 1. The van der Waals surface area contributed by atoms with Crippen molar-refractivity contribution < 1.29 is 18.1 Å². The summed E-state index contributed by atoms with van der Waals surface area (Å²) in [5.41, 5.74) is 5.90. The van der Waals surface area contributed by atoms with Crippen molar-refractivity contribution in [2.75, 3.05) is 42.1 Å². The van der Waals surface area contributed by atoms with Gasteiger partial charge in [-0.2, -0.15) is 0 Å².